The van der Waals surface area contributed by atoms with Crippen LogP contribution < -0.4 is 10.1 Å². The second-order valence-electron chi connectivity index (χ2n) is 4.31. The quantitative estimate of drug-likeness (QED) is 0.803. The van der Waals surface area contributed by atoms with Gasteiger partial charge in [0.25, 0.3) is 0 Å². The molecule has 0 fully saturated rings. The van der Waals surface area contributed by atoms with Crippen LogP contribution in [0.3, 0.4) is 0 Å². The molecule has 0 aliphatic heterocycles. The van der Waals surface area contributed by atoms with Crippen LogP contribution in [0, 0.1) is 0 Å². The zero-order valence-corrected chi connectivity index (χ0v) is 12.3. The molecule has 7 heteroatoms. The number of ether oxygens (including phenoxy) is 1. The highest BCUT2D eigenvalue weighted by Crippen LogP contribution is 2.36. The highest BCUT2D eigenvalue weighted by molar-refractivity contribution is 9.10. The van der Waals surface area contributed by atoms with E-state index in [1.165, 1.54) is 6.20 Å². The lowest BCUT2D eigenvalue weighted by Gasteiger charge is -2.13. The third-order valence-corrected chi connectivity index (χ3v) is 2.67. The largest absolute Gasteiger partial charge is 0.477 e. The Morgan fingerprint density at radius 3 is 2.68 bits per heavy atom. The first-order valence-electron chi connectivity index (χ1n) is 5.89. The van der Waals surface area contributed by atoms with Gasteiger partial charge in [-0.3, -0.25) is 0 Å². The Kier molecular flexibility index (Phi) is 6.06. The summed E-state index contributed by atoms with van der Waals surface area (Å²) in [6, 6.07) is 1.31. The van der Waals surface area contributed by atoms with Crippen molar-refractivity contribution in [2.45, 2.75) is 32.5 Å². The molecule has 0 bridgehead atoms. The third kappa shape index (κ3) is 5.78. The van der Waals surface area contributed by atoms with Gasteiger partial charge in [0.15, 0.2) is 0 Å². The minimum Gasteiger partial charge on any atom is -0.477 e. The Bertz CT molecular complexity index is 410. The molecule has 1 rings (SSSR count). The van der Waals surface area contributed by atoms with E-state index >= 15 is 0 Å². The molecule has 19 heavy (non-hydrogen) atoms. The van der Waals surface area contributed by atoms with Crippen LogP contribution in [0.25, 0.3) is 0 Å². The summed E-state index contributed by atoms with van der Waals surface area (Å²) in [6.07, 6.45) is -2.56. The zero-order chi connectivity index (χ0) is 14.5. The lowest BCUT2D eigenvalue weighted by atomic mass is 10.2. The SMILES string of the molecule is CC(C)NCCCOc1ncc(Br)cc1C(F)(F)F. The normalized spacial score (nSPS) is 11.9. The van der Waals surface area contributed by atoms with E-state index in [2.05, 4.69) is 26.2 Å². The molecule has 1 aromatic heterocycles. The second-order valence-corrected chi connectivity index (χ2v) is 5.23. The number of nitrogens with one attached hydrogen (secondary N) is 1. The molecule has 0 aliphatic rings. The minimum absolute atomic E-state index is 0.192. The molecule has 108 valence electrons. The molecule has 1 aromatic rings. The summed E-state index contributed by atoms with van der Waals surface area (Å²) >= 11 is 2.97. The van der Waals surface area contributed by atoms with Gasteiger partial charge >= 0.3 is 6.18 Å². The number of halogens is 4. The predicted octanol–water partition coefficient (Wildman–Crippen LogP) is 3.63. The van der Waals surface area contributed by atoms with Gasteiger partial charge in [0.2, 0.25) is 5.88 Å². The van der Waals surface area contributed by atoms with E-state index < -0.39 is 11.7 Å². The Balaban J connectivity index is 2.58. The predicted molar refractivity (Wildman–Crippen MR) is 70.2 cm³/mol. The van der Waals surface area contributed by atoms with Crippen LogP contribution in [0.5, 0.6) is 5.88 Å². The first kappa shape index (κ1) is 16.2. The summed E-state index contributed by atoms with van der Waals surface area (Å²) < 4.78 is 43.6. The Labute approximate surface area is 118 Å². The van der Waals surface area contributed by atoms with Crippen LogP contribution in [0.4, 0.5) is 13.2 Å². The smallest absolute Gasteiger partial charge is 0.421 e. The molecule has 0 saturated heterocycles. The fraction of sp³-hybridized carbons (Fsp3) is 0.583. The van der Waals surface area contributed by atoms with Crippen LogP contribution in [0.1, 0.15) is 25.8 Å². The van der Waals surface area contributed by atoms with Crippen molar-refractivity contribution in [1.82, 2.24) is 10.3 Å². The number of pyridine rings is 1. The summed E-state index contributed by atoms with van der Waals surface area (Å²) in [7, 11) is 0. The van der Waals surface area contributed by atoms with Crippen LogP contribution in [0.2, 0.25) is 0 Å². The third-order valence-electron chi connectivity index (χ3n) is 2.24. The van der Waals surface area contributed by atoms with Gasteiger partial charge < -0.3 is 10.1 Å². The van der Waals surface area contributed by atoms with Crippen LogP contribution >= 0.6 is 15.9 Å². The van der Waals surface area contributed by atoms with Crippen LogP contribution in [0.15, 0.2) is 16.7 Å². The number of alkyl halides is 3. The van der Waals surface area contributed by atoms with Gasteiger partial charge in [-0.25, -0.2) is 4.98 Å². The topological polar surface area (TPSA) is 34.1 Å². The summed E-state index contributed by atoms with van der Waals surface area (Å²) in [5.41, 5.74) is -0.862. The molecule has 0 radical (unpaired) electrons. The molecule has 0 atom stereocenters. The van der Waals surface area contributed by atoms with Gasteiger partial charge in [-0.15, -0.1) is 0 Å². The fourth-order valence-electron chi connectivity index (χ4n) is 1.38. The first-order chi connectivity index (χ1) is 8.80. The monoisotopic (exact) mass is 340 g/mol. The molecular weight excluding hydrogens is 325 g/mol. The van der Waals surface area contributed by atoms with E-state index in [-0.39, 0.29) is 17.0 Å². The number of rotatable bonds is 6. The maximum absolute atomic E-state index is 12.8. The minimum atomic E-state index is -4.47. The molecule has 0 amide bonds. The molecule has 1 heterocycles. The summed E-state index contributed by atoms with van der Waals surface area (Å²) in [5, 5.41) is 3.16. The first-order valence-corrected chi connectivity index (χ1v) is 6.69. The van der Waals surface area contributed by atoms with Gasteiger partial charge in [0.05, 0.1) is 6.61 Å². The van der Waals surface area contributed by atoms with E-state index in [1.54, 1.807) is 0 Å². The number of nitrogens with zero attached hydrogens (tertiary/aromatic N) is 1. The number of aromatic nitrogens is 1. The molecule has 0 aromatic carbocycles. The van der Waals surface area contributed by atoms with Crippen molar-refractivity contribution in [3.8, 4) is 5.88 Å². The van der Waals surface area contributed by atoms with Gasteiger partial charge in [-0.05, 0) is 35.0 Å². The molecule has 3 nitrogen and oxygen atoms in total. The lowest BCUT2D eigenvalue weighted by Crippen LogP contribution is -2.25. The van der Waals surface area contributed by atoms with Gasteiger partial charge in [-0.2, -0.15) is 13.2 Å². The van der Waals surface area contributed by atoms with E-state index in [9.17, 15) is 13.2 Å². The van der Waals surface area contributed by atoms with Gasteiger partial charge in [0, 0.05) is 16.7 Å². The van der Waals surface area contributed by atoms with E-state index in [0.29, 0.717) is 19.0 Å². The maximum Gasteiger partial charge on any atom is 0.421 e. The van der Waals surface area contributed by atoms with E-state index in [4.69, 9.17) is 4.74 Å². The van der Waals surface area contributed by atoms with Crippen molar-refractivity contribution in [2.24, 2.45) is 0 Å². The summed E-state index contributed by atoms with van der Waals surface area (Å²) in [4.78, 5) is 3.67. The van der Waals surface area contributed by atoms with Crippen LogP contribution in [-0.4, -0.2) is 24.2 Å². The van der Waals surface area contributed by atoms with E-state index in [0.717, 1.165) is 6.07 Å². The second kappa shape index (κ2) is 7.09. The molecule has 0 saturated carbocycles. The molecule has 0 aliphatic carbocycles. The summed E-state index contributed by atoms with van der Waals surface area (Å²) in [5.74, 6) is -0.375. The average molecular weight is 341 g/mol. The maximum atomic E-state index is 12.8. The van der Waals surface area contributed by atoms with Crippen LogP contribution in [-0.2, 0) is 6.18 Å². The molecule has 0 unspecified atom stereocenters. The lowest BCUT2D eigenvalue weighted by molar-refractivity contribution is -0.139. The van der Waals surface area contributed by atoms with Crippen molar-refractivity contribution in [2.75, 3.05) is 13.2 Å². The van der Waals surface area contributed by atoms with Crippen molar-refractivity contribution in [1.29, 1.82) is 0 Å². The van der Waals surface area contributed by atoms with E-state index in [1.807, 2.05) is 13.8 Å². The molecular formula is C12H16BrF3N2O. The summed E-state index contributed by atoms with van der Waals surface area (Å²) in [6.45, 7) is 4.88. The van der Waals surface area contributed by atoms with Crippen molar-refractivity contribution >= 4 is 15.9 Å². The molecule has 1 N–H and O–H groups in total. The number of hydrogen-bond donors (Lipinski definition) is 1. The van der Waals surface area contributed by atoms with Crippen molar-refractivity contribution in [3.63, 3.8) is 0 Å². The highest BCUT2D eigenvalue weighted by Gasteiger charge is 2.35. The zero-order valence-electron chi connectivity index (χ0n) is 10.7. The Morgan fingerprint density at radius 1 is 1.42 bits per heavy atom. The van der Waals surface area contributed by atoms with Crippen molar-refractivity contribution in [3.05, 3.63) is 22.3 Å². The standard InChI is InChI=1S/C12H16BrF3N2O/c1-8(2)17-4-3-5-19-11-10(12(14,15)16)6-9(13)7-18-11/h6-8,17H,3-5H2,1-2H3. The number of hydrogen-bond acceptors (Lipinski definition) is 3. The van der Waals surface area contributed by atoms with Crippen molar-refractivity contribution < 1.29 is 17.9 Å². The average Bonchev–Trinajstić information content (AvgIpc) is 2.28. The fourth-order valence-corrected chi connectivity index (χ4v) is 1.71. The highest BCUT2D eigenvalue weighted by atomic mass is 79.9. The Morgan fingerprint density at radius 2 is 2.11 bits per heavy atom. The van der Waals surface area contributed by atoms with Gasteiger partial charge in [0.1, 0.15) is 5.56 Å². The van der Waals surface area contributed by atoms with Gasteiger partial charge in [-0.1, -0.05) is 13.8 Å². The molecule has 0 spiro atoms. The Hall–Kier alpha value is -0.820.